The van der Waals surface area contributed by atoms with E-state index in [-0.39, 0.29) is 11.7 Å². The van der Waals surface area contributed by atoms with Crippen molar-refractivity contribution in [3.63, 3.8) is 0 Å². The summed E-state index contributed by atoms with van der Waals surface area (Å²) in [6.07, 6.45) is -5.80. The highest BCUT2D eigenvalue weighted by Gasteiger charge is 2.52. The molecule has 1 heterocycles. The first kappa shape index (κ1) is 40.4. The Kier molecular flexibility index (Phi) is 16.3. The first-order chi connectivity index (χ1) is 21.3. The summed E-state index contributed by atoms with van der Waals surface area (Å²) >= 11 is 0.870. The zero-order valence-electron chi connectivity index (χ0n) is 27.9. The van der Waals surface area contributed by atoms with Gasteiger partial charge in [-0.25, -0.2) is 9.59 Å². The van der Waals surface area contributed by atoms with E-state index in [1.54, 1.807) is 27.7 Å². The van der Waals surface area contributed by atoms with Gasteiger partial charge in [0.1, 0.15) is 35.8 Å². The molecule has 1 aliphatic heterocycles. The van der Waals surface area contributed by atoms with E-state index in [2.05, 4.69) is 10.6 Å². The van der Waals surface area contributed by atoms with Crippen molar-refractivity contribution in [2.75, 3.05) is 19.5 Å². The molecule has 0 aliphatic carbocycles. The quantitative estimate of drug-likeness (QED) is 0.197. The fraction of sp³-hybridized carbons (Fsp3) is 0.759. The van der Waals surface area contributed by atoms with Gasteiger partial charge in [-0.15, -0.1) is 11.8 Å². The number of hydrogen-bond acceptors (Lipinski definition) is 15. The zero-order valence-corrected chi connectivity index (χ0v) is 28.7. The number of carbonyl (C=O) groups is 7. The maximum absolute atomic E-state index is 13.5. The molecule has 0 radical (unpaired) electrons. The maximum Gasteiger partial charge on any atom is 0.408 e. The molecule has 8 atom stereocenters. The Morgan fingerprint density at radius 2 is 1.37 bits per heavy atom. The van der Waals surface area contributed by atoms with Crippen molar-refractivity contribution in [2.24, 2.45) is 5.92 Å². The third-order valence-corrected chi connectivity index (χ3v) is 7.58. The lowest BCUT2D eigenvalue weighted by Gasteiger charge is -2.44. The lowest BCUT2D eigenvalue weighted by molar-refractivity contribution is -0.237. The van der Waals surface area contributed by atoms with E-state index in [1.807, 2.05) is 6.92 Å². The summed E-state index contributed by atoms with van der Waals surface area (Å²) in [4.78, 5) is 86.6. The van der Waals surface area contributed by atoms with Crippen LogP contribution in [0.4, 0.5) is 4.79 Å². The number of esters is 5. The fourth-order valence-electron chi connectivity index (χ4n) is 4.20. The summed E-state index contributed by atoms with van der Waals surface area (Å²) in [7, 11) is 1.18. The van der Waals surface area contributed by atoms with Crippen LogP contribution in [-0.2, 0) is 61.9 Å². The number of thioether (sulfide) groups is 1. The third-order valence-electron chi connectivity index (χ3n) is 6.35. The van der Waals surface area contributed by atoms with Gasteiger partial charge in [0.25, 0.3) is 0 Å². The minimum absolute atomic E-state index is 0.257. The average Bonchev–Trinajstić information content (AvgIpc) is 2.92. The Bertz CT molecular complexity index is 1110. The molecule has 262 valence electrons. The lowest BCUT2D eigenvalue weighted by Crippen LogP contribution is -2.62. The number of methoxy groups -OCH3 is 1. The predicted molar refractivity (Wildman–Crippen MR) is 161 cm³/mol. The largest absolute Gasteiger partial charge is 0.467 e. The van der Waals surface area contributed by atoms with E-state index in [4.69, 9.17) is 33.2 Å². The molecule has 0 aromatic rings. The fourth-order valence-corrected chi connectivity index (χ4v) is 5.43. The van der Waals surface area contributed by atoms with E-state index < -0.39 is 96.0 Å². The second-order valence-electron chi connectivity index (χ2n) is 11.5. The van der Waals surface area contributed by atoms with Crippen LogP contribution in [0, 0.1) is 5.92 Å². The number of hydrogen-bond donors (Lipinski definition) is 2. The zero-order chi connectivity index (χ0) is 35.4. The van der Waals surface area contributed by atoms with E-state index in [9.17, 15) is 33.6 Å². The molecule has 2 amide bonds. The highest BCUT2D eigenvalue weighted by Crippen LogP contribution is 2.35. The molecular formula is C29H46N2O14S. The summed E-state index contributed by atoms with van der Waals surface area (Å²) in [6.45, 7) is 12.4. The molecule has 0 aromatic carbocycles. The molecule has 0 saturated carbocycles. The van der Waals surface area contributed by atoms with Crippen molar-refractivity contribution in [3.05, 3.63) is 0 Å². The summed E-state index contributed by atoms with van der Waals surface area (Å²) in [5, 5.41) is 5.10. The summed E-state index contributed by atoms with van der Waals surface area (Å²) < 4.78 is 37.6. The van der Waals surface area contributed by atoms with Gasteiger partial charge in [0, 0.05) is 33.4 Å². The third kappa shape index (κ3) is 13.8. The van der Waals surface area contributed by atoms with E-state index >= 15 is 0 Å². The summed E-state index contributed by atoms with van der Waals surface area (Å²) in [5.41, 5.74) is -2.13. The Morgan fingerprint density at radius 1 is 0.826 bits per heavy atom. The molecule has 1 rings (SSSR count). The summed E-state index contributed by atoms with van der Waals surface area (Å²) in [5.74, 6) is -5.11. The van der Waals surface area contributed by atoms with Crippen molar-refractivity contribution in [1.29, 1.82) is 0 Å². The van der Waals surface area contributed by atoms with Gasteiger partial charge >= 0.3 is 35.9 Å². The molecule has 16 nitrogen and oxygen atoms in total. The Hall–Kier alpha value is -3.60. The Balaban J connectivity index is 3.51. The van der Waals surface area contributed by atoms with Crippen LogP contribution >= 0.6 is 11.8 Å². The van der Waals surface area contributed by atoms with Gasteiger partial charge in [0.05, 0.1) is 7.11 Å². The molecule has 0 aromatic heterocycles. The molecular weight excluding hydrogens is 632 g/mol. The van der Waals surface area contributed by atoms with Gasteiger partial charge in [0.2, 0.25) is 5.91 Å². The molecule has 0 bridgehead atoms. The van der Waals surface area contributed by atoms with Gasteiger partial charge in [-0.2, -0.15) is 0 Å². The smallest absolute Gasteiger partial charge is 0.408 e. The molecule has 2 N–H and O–H groups in total. The minimum Gasteiger partial charge on any atom is -0.467 e. The van der Waals surface area contributed by atoms with Gasteiger partial charge < -0.3 is 43.8 Å². The second-order valence-corrected chi connectivity index (χ2v) is 12.6. The molecule has 1 saturated heterocycles. The number of rotatable bonds is 14. The van der Waals surface area contributed by atoms with Crippen molar-refractivity contribution in [1.82, 2.24) is 10.6 Å². The number of nitrogens with one attached hydrogen (secondary N) is 2. The minimum atomic E-state index is -1.42. The predicted octanol–water partition coefficient (Wildman–Crippen LogP) is 1.40. The first-order valence-corrected chi connectivity index (χ1v) is 15.6. The topological polar surface area (TPSA) is 208 Å². The molecule has 46 heavy (non-hydrogen) atoms. The van der Waals surface area contributed by atoms with Crippen molar-refractivity contribution in [2.45, 2.75) is 116 Å². The maximum atomic E-state index is 13.5. The van der Waals surface area contributed by atoms with Crippen LogP contribution in [0.5, 0.6) is 0 Å². The second kappa shape index (κ2) is 18.5. The van der Waals surface area contributed by atoms with Gasteiger partial charge in [-0.3, -0.25) is 24.0 Å². The average molecular weight is 679 g/mol. The van der Waals surface area contributed by atoms with Gasteiger partial charge in [0.15, 0.2) is 18.3 Å². The van der Waals surface area contributed by atoms with Crippen LogP contribution in [0.2, 0.25) is 0 Å². The van der Waals surface area contributed by atoms with Crippen molar-refractivity contribution < 1.29 is 66.7 Å². The van der Waals surface area contributed by atoms with Crippen LogP contribution in [0.3, 0.4) is 0 Å². The highest BCUT2D eigenvalue weighted by atomic mass is 32.2. The lowest BCUT2D eigenvalue weighted by atomic mass is 9.99. The molecule has 1 fully saturated rings. The number of ether oxygens (including phenoxy) is 7. The monoisotopic (exact) mass is 678 g/mol. The van der Waals surface area contributed by atoms with E-state index in [0.717, 1.165) is 39.5 Å². The molecule has 1 aliphatic rings. The van der Waals surface area contributed by atoms with Crippen LogP contribution in [-0.4, -0.2) is 109 Å². The highest BCUT2D eigenvalue weighted by molar-refractivity contribution is 7.99. The SMILES string of the molecule is CC[C@H](C)[C@H](NC(=O)[C@H](CS[C@@H]1O[C@H](COC(C)=O)[C@H](OC(C)=O)[C@H](OC(C)=O)[C@H]1OC(C)=O)NC(=O)OC(C)(C)C)C(=O)OC. The first-order valence-electron chi connectivity index (χ1n) is 14.6. The number of alkyl carbamates (subject to hydrolysis) is 1. The normalized spacial score (nSPS) is 23.0. The van der Waals surface area contributed by atoms with Crippen LogP contribution in [0.1, 0.15) is 68.7 Å². The van der Waals surface area contributed by atoms with Crippen molar-refractivity contribution >= 4 is 53.6 Å². The standard InChI is InChI=1S/C29H46N2O14S/c1-11-14(2)21(26(37)39-10)31-25(36)19(30-28(38)45-29(7,8)9)13-46-27-24(43-18(6)35)23(42-17(5)34)22(41-16(4)33)20(44-27)12-40-15(3)32/h14,19-24,27H,11-13H2,1-10H3,(H,30,38)(H,31,36)/t14-,19-,20+,21-,22-,23-,24+,27-/m0/s1. The van der Waals surface area contributed by atoms with Gasteiger partial charge in [-0.05, 0) is 26.7 Å². The van der Waals surface area contributed by atoms with E-state index in [0.29, 0.717) is 6.42 Å². The van der Waals surface area contributed by atoms with Crippen LogP contribution in [0.25, 0.3) is 0 Å². The molecule has 0 unspecified atom stereocenters. The number of carbonyl (C=O) groups excluding carboxylic acids is 7. The van der Waals surface area contributed by atoms with Crippen molar-refractivity contribution in [3.8, 4) is 0 Å². The molecule has 17 heteroatoms. The van der Waals surface area contributed by atoms with Crippen LogP contribution in [0.15, 0.2) is 0 Å². The van der Waals surface area contributed by atoms with Gasteiger partial charge in [-0.1, -0.05) is 20.3 Å². The summed E-state index contributed by atoms with van der Waals surface area (Å²) in [6, 6.07) is -2.39. The Morgan fingerprint density at radius 3 is 1.85 bits per heavy atom. The van der Waals surface area contributed by atoms with Crippen LogP contribution < -0.4 is 10.6 Å². The van der Waals surface area contributed by atoms with E-state index in [1.165, 1.54) is 7.11 Å². The Labute approximate surface area is 272 Å². The number of amides is 2. The molecule has 0 spiro atoms.